The molecule has 0 aliphatic carbocycles. The summed E-state index contributed by atoms with van der Waals surface area (Å²) in [6.07, 6.45) is 1.60. The Bertz CT molecular complexity index is 971. The summed E-state index contributed by atoms with van der Waals surface area (Å²) in [4.78, 5) is 50.3. The molecule has 0 saturated carbocycles. The number of carbonyl (C=O) groups excluding carboxylic acids is 4. The van der Waals surface area contributed by atoms with Crippen LogP contribution in [0.5, 0.6) is 0 Å². The summed E-state index contributed by atoms with van der Waals surface area (Å²) >= 11 is 0. The molecule has 0 aliphatic rings. The fourth-order valence-electron chi connectivity index (χ4n) is 3.40. The molecular formula is C25H33N5O5. The van der Waals surface area contributed by atoms with Crippen molar-refractivity contribution in [1.82, 2.24) is 16.0 Å². The van der Waals surface area contributed by atoms with Crippen LogP contribution in [-0.2, 0) is 20.8 Å². The highest BCUT2D eigenvalue weighted by Crippen LogP contribution is 2.08. The van der Waals surface area contributed by atoms with E-state index in [2.05, 4.69) is 16.0 Å². The van der Waals surface area contributed by atoms with Gasteiger partial charge in [0.15, 0.2) is 0 Å². The number of unbranched alkanes of at least 4 members (excludes halogenated alkanes) is 1. The lowest BCUT2D eigenvalue weighted by Crippen LogP contribution is -2.57. The van der Waals surface area contributed by atoms with Crippen LogP contribution in [0.15, 0.2) is 60.7 Å². The molecule has 0 radical (unpaired) electrons. The third-order valence-electron chi connectivity index (χ3n) is 5.36. The van der Waals surface area contributed by atoms with E-state index in [1.165, 1.54) is 0 Å². The highest BCUT2D eigenvalue weighted by Gasteiger charge is 2.29. The number of rotatable bonds is 14. The number of primary amides is 1. The fraction of sp³-hybridized carbons (Fsp3) is 0.360. The average Bonchev–Trinajstić information content (AvgIpc) is 2.87. The molecule has 0 aliphatic heterocycles. The molecule has 2 rings (SSSR count). The molecule has 0 saturated heterocycles. The zero-order chi connectivity index (χ0) is 25.6. The fourth-order valence-corrected chi connectivity index (χ4v) is 3.40. The van der Waals surface area contributed by atoms with Gasteiger partial charge in [-0.05, 0) is 43.5 Å². The van der Waals surface area contributed by atoms with Crippen molar-refractivity contribution in [1.29, 1.82) is 0 Å². The number of carbonyl (C=O) groups is 4. The van der Waals surface area contributed by atoms with E-state index in [0.29, 0.717) is 24.9 Å². The van der Waals surface area contributed by atoms with Crippen LogP contribution in [0.2, 0.25) is 0 Å². The predicted molar refractivity (Wildman–Crippen MR) is 131 cm³/mol. The molecule has 10 heteroatoms. The van der Waals surface area contributed by atoms with Crippen molar-refractivity contribution >= 4 is 23.6 Å². The van der Waals surface area contributed by atoms with Crippen molar-refractivity contribution in [3.05, 3.63) is 71.8 Å². The second-order valence-electron chi connectivity index (χ2n) is 8.07. The number of aliphatic hydroxyl groups is 1. The van der Waals surface area contributed by atoms with Gasteiger partial charge >= 0.3 is 0 Å². The highest BCUT2D eigenvalue weighted by atomic mass is 16.3. The molecule has 2 aromatic carbocycles. The normalized spacial score (nSPS) is 13.2. The van der Waals surface area contributed by atoms with Crippen LogP contribution in [0.1, 0.15) is 35.2 Å². The number of nitrogens with two attached hydrogens (primary N) is 2. The number of nitrogens with one attached hydrogen (secondary N) is 3. The molecular weight excluding hydrogens is 450 g/mol. The molecule has 35 heavy (non-hydrogen) atoms. The molecule has 0 aromatic heterocycles. The van der Waals surface area contributed by atoms with Crippen LogP contribution in [0.25, 0.3) is 0 Å². The van der Waals surface area contributed by atoms with Crippen LogP contribution in [0.4, 0.5) is 0 Å². The lowest BCUT2D eigenvalue weighted by molar-refractivity contribution is -0.132. The Hall–Kier alpha value is -3.76. The van der Waals surface area contributed by atoms with Gasteiger partial charge in [-0.2, -0.15) is 0 Å². The SMILES string of the molecule is NCCCC[C@H](NC(=O)[C@H](Cc1ccccc1)NC(=O)c1ccccc1)C(=O)N[C@@H](CO)C(N)=O. The first kappa shape index (κ1) is 27.5. The van der Waals surface area contributed by atoms with Crippen LogP contribution >= 0.6 is 0 Å². The Morgan fingerprint density at radius 2 is 1.34 bits per heavy atom. The maximum Gasteiger partial charge on any atom is 0.251 e. The molecule has 0 fully saturated rings. The van der Waals surface area contributed by atoms with E-state index >= 15 is 0 Å². The van der Waals surface area contributed by atoms with Crippen molar-refractivity contribution in [2.75, 3.05) is 13.2 Å². The van der Waals surface area contributed by atoms with E-state index in [1.54, 1.807) is 30.3 Å². The van der Waals surface area contributed by atoms with Crippen molar-refractivity contribution < 1.29 is 24.3 Å². The van der Waals surface area contributed by atoms with E-state index in [4.69, 9.17) is 11.5 Å². The second-order valence-corrected chi connectivity index (χ2v) is 8.07. The summed E-state index contributed by atoms with van der Waals surface area (Å²) in [6.45, 7) is -0.263. The van der Waals surface area contributed by atoms with Crippen LogP contribution < -0.4 is 27.4 Å². The van der Waals surface area contributed by atoms with Gasteiger partial charge in [-0.1, -0.05) is 48.5 Å². The van der Waals surface area contributed by atoms with Gasteiger partial charge in [0.25, 0.3) is 5.91 Å². The minimum atomic E-state index is -1.28. The third-order valence-corrected chi connectivity index (χ3v) is 5.36. The Balaban J connectivity index is 2.21. The van der Waals surface area contributed by atoms with Gasteiger partial charge in [0.2, 0.25) is 17.7 Å². The van der Waals surface area contributed by atoms with Crippen LogP contribution in [0, 0.1) is 0 Å². The molecule has 0 spiro atoms. The van der Waals surface area contributed by atoms with E-state index in [9.17, 15) is 24.3 Å². The van der Waals surface area contributed by atoms with Gasteiger partial charge in [0, 0.05) is 12.0 Å². The Morgan fingerprint density at radius 3 is 1.91 bits per heavy atom. The van der Waals surface area contributed by atoms with Crippen molar-refractivity contribution in [3.63, 3.8) is 0 Å². The Labute approximate surface area is 204 Å². The quantitative estimate of drug-likeness (QED) is 0.199. The predicted octanol–water partition coefficient (Wildman–Crippen LogP) is -0.396. The summed E-state index contributed by atoms with van der Waals surface area (Å²) in [5.74, 6) is -2.56. The number of hydrogen-bond donors (Lipinski definition) is 6. The standard InChI is InChI=1S/C25H33N5O5/c26-14-8-7-13-19(24(34)30-21(16-31)22(27)32)28-25(35)20(15-17-9-3-1-4-10-17)29-23(33)18-11-5-2-6-12-18/h1-6,9-12,19-21,31H,7-8,13-16,26H2,(H2,27,32)(H,28,35)(H,29,33)(H,30,34)/t19-,20-,21-/m0/s1. The molecule has 0 heterocycles. The number of benzene rings is 2. The zero-order valence-corrected chi connectivity index (χ0v) is 19.5. The minimum absolute atomic E-state index is 0.197. The molecule has 0 unspecified atom stereocenters. The van der Waals surface area contributed by atoms with Crippen LogP contribution in [-0.4, -0.2) is 60.0 Å². The van der Waals surface area contributed by atoms with Gasteiger partial charge in [-0.25, -0.2) is 0 Å². The van der Waals surface area contributed by atoms with Gasteiger partial charge < -0.3 is 32.5 Å². The summed E-state index contributed by atoms with van der Waals surface area (Å²) in [5, 5.41) is 17.1. The summed E-state index contributed by atoms with van der Waals surface area (Å²) in [6, 6.07) is 14.4. The van der Waals surface area contributed by atoms with Gasteiger partial charge in [-0.3, -0.25) is 19.2 Å². The van der Waals surface area contributed by atoms with E-state index in [1.807, 2.05) is 30.3 Å². The molecule has 0 bridgehead atoms. The summed E-state index contributed by atoms with van der Waals surface area (Å²) in [7, 11) is 0. The molecule has 10 nitrogen and oxygen atoms in total. The molecule has 2 aromatic rings. The van der Waals surface area contributed by atoms with Crippen molar-refractivity contribution in [2.24, 2.45) is 11.5 Å². The number of amides is 4. The highest BCUT2D eigenvalue weighted by molar-refractivity contribution is 5.98. The first-order chi connectivity index (χ1) is 16.8. The largest absolute Gasteiger partial charge is 0.394 e. The average molecular weight is 484 g/mol. The summed E-state index contributed by atoms with van der Waals surface area (Å²) < 4.78 is 0. The maximum atomic E-state index is 13.3. The lowest BCUT2D eigenvalue weighted by Gasteiger charge is -2.24. The van der Waals surface area contributed by atoms with E-state index < -0.39 is 48.4 Å². The van der Waals surface area contributed by atoms with Crippen molar-refractivity contribution in [3.8, 4) is 0 Å². The lowest BCUT2D eigenvalue weighted by atomic mass is 10.0. The van der Waals surface area contributed by atoms with E-state index in [0.717, 1.165) is 5.56 Å². The molecule has 4 amide bonds. The van der Waals surface area contributed by atoms with Gasteiger partial charge in [0.05, 0.1) is 6.61 Å². The maximum absolute atomic E-state index is 13.3. The molecule has 8 N–H and O–H groups in total. The molecule has 188 valence electrons. The van der Waals surface area contributed by atoms with Crippen LogP contribution in [0.3, 0.4) is 0 Å². The summed E-state index contributed by atoms with van der Waals surface area (Å²) in [5.41, 5.74) is 12.0. The van der Waals surface area contributed by atoms with Gasteiger partial charge in [0.1, 0.15) is 18.1 Å². The first-order valence-electron chi connectivity index (χ1n) is 11.5. The Kier molecular flexibility index (Phi) is 11.4. The minimum Gasteiger partial charge on any atom is -0.394 e. The molecule has 3 atom stereocenters. The van der Waals surface area contributed by atoms with E-state index in [-0.39, 0.29) is 12.8 Å². The zero-order valence-electron chi connectivity index (χ0n) is 19.5. The smallest absolute Gasteiger partial charge is 0.251 e. The second kappa shape index (κ2) is 14.5. The number of aliphatic hydroxyl groups excluding tert-OH is 1. The number of hydrogen-bond acceptors (Lipinski definition) is 6. The van der Waals surface area contributed by atoms with Crippen molar-refractivity contribution in [2.45, 2.75) is 43.8 Å². The monoisotopic (exact) mass is 483 g/mol. The topological polar surface area (TPSA) is 177 Å². The third kappa shape index (κ3) is 9.19. The Morgan fingerprint density at radius 1 is 0.771 bits per heavy atom. The first-order valence-corrected chi connectivity index (χ1v) is 11.5. The van der Waals surface area contributed by atoms with Gasteiger partial charge in [-0.15, -0.1) is 0 Å².